The quantitative estimate of drug-likeness (QED) is 0.817. The van der Waals surface area contributed by atoms with Crippen molar-refractivity contribution in [3.63, 3.8) is 0 Å². The van der Waals surface area contributed by atoms with E-state index in [2.05, 4.69) is 29.5 Å². The summed E-state index contributed by atoms with van der Waals surface area (Å²) in [6.45, 7) is 5.34. The lowest BCUT2D eigenvalue weighted by Crippen LogP contribution is -2.12. The number of aliphatic hydroxyl groups excluding tert-OH is 1. The topological polar surface area (TPSA) is 59.3 Å². The Bertz CT molecular complexity index is 675. The van der Waals surface area contributed by atoms with Gasteiger partial charge in [0.2, 0.25) is 0 Å². The summed E-state index contributed by atoms with van der Waals surface area (Å²) in [4.78, 5) is 0. The van der Waals surface area contributed by atoms with Crippen LogP contribution in [0, 0.1) is 13.8 Å². The summed E-state index contributed by atoms with van der Waals surface area (Å²) < 4.78 is 7.92. The van der Waals surface area contributed by atoms with E-state index >= 15 is 0 Å². The Balaban J connectivity index is 1.66. The van der Waals surface area contributed by atoms with Crippen molar-refractivity contribution < 1.29 is 9.84 Å². The van der Waals surface area contributed by atoms with Crippen LogP contribution in [0.2, 0.25) is 0 Å². The van der Waals surface area contributed by atoms with Crippen LogP contribution in [-0.2, 0) is 13.1 Å². The number of anilines is 1. The lowest BCUT2D eigenvalue weighted by Gasteiger charge is -2.15. The lowest BCUT2D eigenvalue weighted by atomic mass is 10.2. The molecular formula is C19H27N3O2. The van der Waals surface area contributed by atoms with Crippen LogP contribution in [0.15, 0.2) is 24.3 Å². The molecule has 5 heteroatoms. The van der Waals surface area contributed by atoms with Gasteiger partial charge in [0.15, 0.2) is 0 Å². The molecule has 0 aliphatic heterocycles. The van der Waals surface area contributed by atoms with Crippen LogP contribution in [0.5, 0.6) is 5.75 Å². The number of nitrogens with zero attached hydrogens (tertiary/aromatic N) is 2. The Labute approximate surface area is 143 Å². The smallest absolute Gasteiger partial charge is 0.127 e. The van der Waals surface area contributed by atoms with E-state index in [1.807, 2.05) is 23.7 Å². The molecule has 1 heterocycles. The molecule has 1 aliphatic carbocycles. The minimum absolute atomic E-state index is 0.0833. The van der Waals surface area contributed by atoms with E-state index in [0.717, 1.165) is 22.8 Å². The molecule has 0 saturated heterocycles. The Morgan fingerprint density at radius 3 is 2.83 bits per heavy atom. The molecule has 1 aromatic carbocycles. The molecule has 1 fully saturated rings. The van der Waals surface area contributed by atoms with Crippen molar-refractivity contribution in [2.24, 2.45) is 0 Å². The SMILES string of the molecule is Cc1nn(CCO)c(NCc2cccc(OC3CCCC3)c2)c1C. The molecule has 24 heavy (non-hydrogen) atoms. The number of hydrogen-bond donors (Lipinski definition) is 2. The first-order valence-corrected chi connectivity index (χ1v) is 8.81. The number of ether oxygens (including phenoxy) is 1. The third-order valence-corrected chi connectivity index (χ3v) is 4.70. The van der Waals surface area contributed by atoms with Gasteiger partial charge in [-0.1, -0.05) is 12.1 Å². The summed E-state index contributed by atoms with van der Waals surface area (Å²) in [5.74, 6) is 1.93. The van der Waals surface area contributed by atoms with Gasteiger partial charge in [-0.3, -0.25) is 0 Å². The third-order valence-electron chi connectivity index (χ3n) is 4.70. The molecule has 0 radical (unpaired) electrons. The van der Waals surface area contributed by atoms with Gasteiger partial charge in [0.05, 0.1) is 24.9 Å². The Morgan fingerprint density at radius 2 is 2.08 bits per heavy atom. The Morgan fingerprint density at radius 1 is 1.29 bits per heavy atom. The van der Waals surface area contributed by atoms with Crippen molar-refractivity contribution in [3.05, 3.63) is 41.1 Å². The minimum atomic E-state index is 0.0833. The highest BCUT2D eigenvalue weighted by atomic mass is 16.5. The van der Waals surface area contributed by atoms with Gasteiger partial charge in [0.1, 0.15) is 11.6 Å². The van der Waals surface area contributed by atoms with Crippen LogP contribution in [0.4, 0.5) is 5.82 Å². The van der Waals surface area contributed by atoms with Gasteiger partial charge >= 0.3 is 0 Å². The molecule has 0 atom stereocenters. The molecule has 2 N–H and O–H groups in total. The van der Waals surface area contributed by atoms with E-state index in [-0.39, 0.29) is 6.61 Å². The number of aryl methyl sites for hydroxylation is 1. The van der Waals surface area contributed by atoms with Crippen LogP contribution in [0.1, 0.15) is 42.5 Å². The van der Waals surface area contributed by atoms with Crippen LogP contribution in [-0.4, -0.2) is 27.6 Å². The zero-order chi connectivity index (χ0) is 16.9. The second-order valence-corrected chi connectivity index (χ2v) is 6.53. The van der Waals surface area contributed by atoms with E-state index in [9.17, 15) is 5.11 Å². The van der Waals surface area contributed by atoms with Crippen molar-refractivity contribution in [2.75, 3.05) is 11.9 Å². The summed E-state index contributed by atoms with van der Waals surface area (Å²) in [5, 5.41) is 17.1. The summed E-state index contributed by atoms with van der Waals surface area (Å²) in [5.41, 5.74) is 3.30. The van der Waals surface area contributed by atoms with Gasteiger partial charge in [-0.15, -0.1) is 0 Å². The van der Waals surface area contributed by atoms with Crippen LogP contribution in [0.3, 0.4) is 0 Å². The predicted molar refractivity (Wildman–Crippen MR) is 95.4 cm³/mol. The fourth-order valence-electron chi connectivity index (χ4n) is 3.26. The maximum atomic E-state index is 9.20. The Hall–Kier alpha value is -2.01. The summed E-state index contributed by atoms with van der Waals surface area (Å²) in [7, 11) is 0. The van der Waals surface area contributed by atoms with Crippen LogP contribution >= 0.6 is 0 Å². The fraction of sp³-hybridized carbons (Fsp3) is 0.526. The number of benzene rings is 1. The zero-order valence-electron chi connectivity index (χ0n) is 14.6. The number of rotatable bonds is 7. The lowest BCUT2D eigenvalue weighted by molar-refractivity contribution is 0.210. The van der Waals surface area contributed by atoms with Crippen LogP contribution in [0.25, 0.3) is 0 Å². The monoisotopic (exact) mass is 329 g/mol. The van der Waals surface area contributed by atoms with E-state index in [1.165, 1.54) is 31.2 Å². The number of nitrogens with one attached hydrogen (secondary N) is 1. The fourth-order valence-corrected chi connectivity index (χ4v) is 3.26. The molecule has 130 valence electrons. The number of aliphatic hydroxyl groups is 1. The molecule has 3 rings (SSSR count). The molecule has 1 saturated carbocycles. The van der Waals surface area contributed by atoms with E-state index in [1.54, 1.807) is 0 Å². The van der Waals surface area contributed by atoms with Gasteiger partial charge in [-0.05, 0) is 57.2 Å². The summed E-state index contributed by atoms with van der Waals surface area (Å²) >= 11 is 0. The molecule has 0 spiro atoms. The van der Waals surface area contributed by atoms with Gasteiger partial charge in [0.25, 0.3) is 0 Å². The van der Waals surface area contributed by atoms with Crippen molar-refractivity contribution in [3.8, 4) is 5.75 Å². The second-order valence-electron chi connectivity index (χ2n) is 6.53. The van der Waals surface area contributed by atoms with E-state index in [4.69, 9.17) is 4.74 Å². The van der Waals surface area contributed by atoms with Gasteiger partial charge in [0, 0.05) is 12.1 Å². The largest absolute Gasteiger partial charge is 0.490 e. The summed E-state index contributed by atoms with van der Waals surface area (Å²) in [6, 6.07) is 8.29. The normalized spacial score (nSPS) is 15.0. The highest BCUT2D eigenvalue weighted by molar-refractivity contribution is 5.47. The second kappa shape index (κ2) is 7.71. The van der Waals surface area contributed by atoms with E-state index in [0.29, 0.717) is 19.2 Å². The summed E-state index contributed by atoms with van der Waals surface area (Å²) in [6.07, 6.45) is 5.27. The highest BCUT2D eigenvalue weighted by Gasteiger charge is 2.16. The van der Waals surface area contributed by atoms with Crippen LogP contribution < -0.4 is 10.1 Å². The molecule has 1 aromatic heterocycles. The van der Waals surface area contributed by atoms with Crippen molar-refractivity contribution in [1.29, 1.82) is 0 Å². The van der Waals surface area contributed by atoms with Gasteiger partial charge < -0.3 is 15.2 Å². The molecule has 1 aliphatic rings. The maximum Gasteiger partial charge on any atom is 0.127 e. The average Bonchev–Trinajstić information content (AvgIpc) is 3.16. The average molecular weight is 329 g/mol. The standard InChI is InChI=1S/C19H27N3O2/c1-14-15(2)21-22(10-11-23)19(14)20-13-16-6-5-9-18(12-16)24-17-7-3-4-8-17/h5-6,9,12,17,20,23H,3-4,7-8,10-11,13H2,1-2H3. The zero-order valence-corrected chi connectivity index (χ0v) is 14.6. The van der Waals surface area contributed by atoms with E-state index < -0.39 is 0 Å². The number of hydrogen-bond acceptors (Lipinski definition) is 4. The Kier molecular flexibility index (Phi) is 5.41. The molecule has 0 unspecified atom stereocenters. The molecular weight excluding hydrogens is 302 g/mol. The predicted octanol–water partition coefficient (Wildman–Crippen LogP) is 3.43. The van der Waals surface area contributed by atoms with Crippen molar-refractivity contribution >= 4 is 5.82 Å². The molecule has 0 amide bonds. The number of aromatic nitrogens is 2. The first-order chi connectivity index (χ1) is 11.7. The third kappa shape index (κ3) is 3.90. The molecule has 0 bridgehead atoms. The first kappa shape index (κ1) is 16.8. The van der Waals surface area contributed by atoms with Crippen molar-refractivity contribution in [1.82, 2.24) is 9.78 Å². The molecule has 5 nitrogen and oxygen atoms in total. The maximum absolute atomic E-state index is 9.20. The minimum Gasteiger partial charge on any atom is -0.490 e. The van der Waals surface area contributed by atoms with Gasteiger partial charge in [-0.2, -0.15) is 5.10 Å². The first-order valence-electron chi connectivity index (χ1n) is 8.81. The van der Waals surface area contributed by atoms with Gasteiger partial charge in [-0.25, -0.2) is 4.68 Å². The molecule has 2 aromatic rings. The van der Waals surface area contributed by atoms with Crippen molar-refractivity contribution in [2.45, 2.75) is 58.7 Å². The highest BCUT2D eigenvalue weighted by Crippen LogP contribution is 2.25.